The minimum atomic E-state index is -0.490. The Balaban J connectivity index is 1.64. The van der Waals surface area contributed by atoms with Gasteiger partial charge in [-0.15, -0.1) is 0 Å². The van der Waals surface area contributed by atoms with Gasteiger partial charge in [0.15, 0.2) is 0 Å². The zero-order valence-electron chi connectivity index (χ0n) is 16.3. The molecule has 3 atom stereocenters. The standard InChI is InChI=1S/C21H26N6O2/c1-13(21(29)26-11-14-2-4-16(5-3-14)19(22)23)27-12-17(10-18(27)20(24)28)15-6-8-25-9-7-15/h2-9,13,17-18H,10-12H2,1H3,(H3,22,23)(H2,24,28)(H,26,29)/t13-,17?,18?/m0/s1. The van der Waals surface area contributed by atoms with Crippen LogP contribution in [0.2, 0.25) is 0 Å². The van der Waals surface area contributed by atoms with Gasteiger partial charge in [0.25, 0.3) is 0 Å². The van der Waals surface area contributed by atoms with Gasteiger partial charge >= 0.3 is 0 Å². The number of likely N-dealkylation sites (tertiary alicyclic amines) is 1. The van der Waals surface area contributed by atoms with Crippen LogP contribution in [0.4, 0.5) is 0 Å². The molecule has 1 aliphatic rings. The summed E-state index contributed by atoms with van der Waals surface area (Å²) in [6, 6.07) is 10.0. The number of nitrogens with two attached hydrogens (primary N) is 2. The van der Waals surface area contributed by atoms with Crippen LogP contribution in [0, 0.1) is 5.41 Å². The Morgan fingerprint density at radius 1 is 1.21 bits per heavy atom. The van der Waals surface area contributed by atoms with Gasteiger partial charge in [-0.05, 0) is 42.5 Å². The number of amidine groups is 1. The third-order valence-corrected chi connectivity index (χ3v) is 5.45. The fourth-order valence-electron chi connectivity index (χ4n) is 3.74. The number of nitrogens with one attached hydrogen (secondary N) is 2. The van der Waals surface area contributed by atoms with Gasteiger partial charge in [-0.1, -0.05) is 24.3 Å². The van der Waals surface area contributed by atoms with E-state index in [1.165, 1.54) is 0 Å². The highest BCUT2D eigenvalue weighted by atomic mass is 16.2. The van der Waals surface area contributed by atoms with Crippen LogP contribution in [0.15, 0.2) is 48.8 Å². The summed E-state index contributed by atoms with van der Waals surface area (Å²) in [6.45, 7) is 2.72. The number of primary amides is 1. The molecule has 8 heteroatoms. The van der Waals surface area contributed by atoms with Gasteiger partial charge < -0.3 is 16.8 Å². The highest BCUT2D eigenvalue weighted by molar-refractivity contribution is 5.94. The second kappa shape index (κ2) is 8.83. The topological polar surface area (TPSA) is 138 Å². The molecule has 0 bridgehead atoms. The SMILES string of the molecule is C[C@@H](C(=O)NCc1ccc(C(=N)N)cc1)N1CC(c2ccncc2)CC1C(N)=O. The average Bonchev–Trinajstić information content (AvgIpc) is 3.18. The first-order valence-electron chi connectivity index (χ1n) is 9.53. The van der Waals surface area contributed by atoms with Crippen molar-refractivity contribution in [1.82, 2.24) is 15.2 Å². The first kappa shape index (κ1) is 20.5. The minimum absolute atomic E-state index is 0.00415. The van der Waals surface area contributed by atoms with Gasteiger partial charge in [0.2, 0.25) is 11.8 Å². The Labute approximate surface area is 169 Å². The maximum Gasteiger partial charge on any atom is 0.237 e. The molecule has 2 aromatic rings. The second-order valence-corrected chi connectivity index (χ2v) is 7.33. The second-order valence-electron chi connectivity index (χ2n) is 7.33. The van der Waals surface area contributed by atoms with E-state index in [9.17, 15) is 9.59 Å². The van der Waals surface area contributed by atoms with E-state index in [0.717, 1.165) is 11.1 Å². The molecule has 0 aliphatic carbocycles. The monoisotopic (exact) mass is 394 g/mol. The van der Waals surface area contributed by atoms with Crippen molar-refractivity contribution in [2.24, 2.45) is 11.5 Å². The van der Waals surface area contributed by atoms with Crippen LogP contribution in [0.25, 0.3) is 0 Å². The number of aromatic nitrogens is 1. The first-order chi connectivity index (χ1) is 13.9. The van der Waals surface area contributed by atoms with Gasteiger partial charge in [-0.25, -0.2) is 0 Å². The number of rotatable bonds is 7. The van der Waals surface area contributed by atoms with Gasteiger partial charge in [-0.2, -0.15) is 0 Å². The van der Waals surface area contributed by atoms with Crippen LogP contribution in [0.5, 0.6) is 0 Å². The maximum atomic E-state index is 12.7. The Bertz CT molecular complexity index is 884. The molecule has 6 N–H and O–H groups in total. The van der Waals surface area contributed by atoms with Crippen molar-refractivity contribution < 1.29 is 9.59 Å². The fourth-order valence-corrected chi connectivity index (χ4v) is 3.74. The molecule has 0 spiro atoms. The summed E-state index contributed by atoms with van der Waals surface area (Å²) in [6.07, 6.45) is 4.04. The van der Waals surface area contributed by atoms with Crippen molar-refractivity contribution in [3.05, 3.63) is 65.5 Å². The zero-order valence-corrected chi connectivity index (χ0v) is 16.3. The zero-order chi connectivity index (χ0) is 21.0. The molecule has 29 heavy (non-hydrogen) atoms. The highest BCUT2D eigenvalue weighted by Crippen LogP contribution is 2.32. The molecule has 1 aromatic carbocycles. The number of carbonyl (C=O) groups excluding carboxylic acids is 2. The van der Waals surface area contributed by atoms with Crippen LogP contribution in [0.3, 0.4) is 0 Å². The molecule has 1 saturated heterocycles. The van der Waals surface area contributed by atoms with Crippen LogP contribution in [-0.4, -0.2) is 46.2 Å². The summed E-state index contributed by atoms with van der Waals surface area (Å²) in [5.74, 6) is -0.447. The van der Waals surface area contributed by atoms with E-state index in [4.69, 9.17) is 16.9 Å². The Morgan fingerprint density at radius 3 is 2.45 bits per heavy atom. The van der Waals surface area contributed by atoms with Crippen LogP contribution in [0.1, 0.15) is 36.0 Å². The molecule has 8 nitrogen and oxygen atoms in total. The lowest BCUT2D eigenvalue weighted by atomic mass is 9.97. The van der Waals surface area contributed by atoms with Gasteiger partial charge in [-0.3, -0.25) is 24.9 Å². The number of hydrogen-bond donors (Lipinski definition) is 4. The third-order valence-electron chi connectivity index (χ3n) is 5.45. The van der Waals surface area contributed by atoms with Crippen molar-refractivity contribution in [2.45, 2.75) is 37.9 Å². The van der Waals surface area contributed by atoms with E-state index in [0.29, 0.717) is 25.1 Å². The fraction of sp³-hybridized carbons (Fsp3) is 0.333. The molecule has 0 saturated carbocycles. The third kappa shape index (κ3) is 4.78. The Morgan fingerprint density at radius 2 is 1.86 bits per heavy atom. The molecular weight excluding hydrogens is 368 g/mol. The van der Waals surface area contributed by atoms with E-state index in [2.05, 4.69) is 10.3 Å². The molecular formula is C21H26N6O2. The lowest BCUT2D eigenvalue weighted by Crippen LogP contribution is -2.51. The normalized spacial score (nSPS) is 20.2. The van der Waals surface area contributed by atoms with Gasteiger partial charge in [0.05, 0.1) is 12.1 Å². The summed E-state index contributed by atoms with van der Waals surface area (Å²) in [5.41, 5.74) is 13.7. The van der Waals surface area contributed by atoms with Crippen LogP contribution < -0.4 is 16.8 Å². The molecule has 2 unspecified atom stereocenters. The number of amides is 2. The average molecular weight is 394 g/mol. The molecule has 1 fully saturated rings. The van der Waals surface area contributed by atoms with E-state index in [-0.39, 0.29) is 17.7 Å². The van der Waals surface area contributed by atoms with E-state index in [1.54, 1.807) is 31.5 Å². The summed E-state index contributed by atoms with van der Waals surface area (Å²) in [4.78, 5) is 30.6. The predicted octanol–water partition coefficient (Wildman–Crippen LogP) is 0.714. The Hall–Kier alpha value is -3.26. The van der Waals surface area contributed by atoms with E-state index < -0.39 is 18.0 Å². The van der Waals surface area contributed by atoms with Crippen molar-refractivity contribution >= 4 is 17.6 Å². The number of pyridine rings is 1. The summed E-state index contributed by atoms with van der Waals surface area (Å²) in [5, 5.41) is 10.3. The van der Waals surface area contributed by atoms with Crippen LogP contribution in [-0.2, 0) is 16.1 Å². The lowest BCUT2D eigenvalue weighted by Gasteiger charge is -2.28. The molecule has 3 rings (SSSR count). The number of carbonyl (C=O) groups is 2. The van der Waals surface area contributed by atoms with E-state index in [1.807, 2.05) is 29.2 Å². The molecule has 1 aliphatic heterocycles. The number of hydrogen-bond acceptors (Lipinski definition) is 5. The number of benzene rings is 1. The quantitative estimate of drug-likeness (QED) is 0.405. The van der Waals surface area contributed by atoms with Gasteiger partial charge in [0, 0.05) is 31.0 Å². The minimum Gasteiger partial charge on any atom is -0.384 e. The largest absolute Gasteiger partial charge is 0.384 e. The van der Waals surface area contributed by atoms with Crippen molar-refractivity contribution in [1.29, 1.82) is 5.41 Å². The summed E-state index contributed by atoms with van der Waals surface area (Å²) < 4.78 is 0. The maximum absolute atomic E-state index is 12.7. The number of nitrogens with zero attached hydrogens (tertiary/aromatic N) is 2. The lowest BCUT2D eigenvalue weighted by molar-refractivity contribution is -0.129. The Kier molecular flexibility index (Phi) is 6.23. The van der Waals surface area contributed by atoms with E-state index >= 15 is 0 Å². The molecule has 0 radical (unpaired) electrons. The van der Waals surface area contributed by atoms with Crippen molar-refractivity contribution in [3.8, 4) is 0 Å². The highest BCUT2D eigenvalue weighted by Gasteiger charge is 2.40. The first-order valence-corrected chi connectivity index (χ1v) is 9.53. The molecule has 152 valence electrons. The molecule has 2 amide bonds. The molecule has 2 heterocycles. The predicted molar refractivity (Wildman–Crippen MR) is 110 cm³/mol. The number of nitrogen functional groups attached to an aromatic ring is 1. The van der Waals surface area contributed by atoms with Gasteiger partial charge in [0.1, 0.15) is 5.84 Å². The van der Waals surface area contributed by atoms with Crippen molar-refractivity contribution in [3.63, 3.8) is 0 Å². The molecule has 1 aromatic heterocycles. The van der Waals surface area contributed by atoms with Crippen molar-refractivity contribution in [2.75, 3.05) is 6.54 Å². The summed E-state index contributed by atoms with van der Waals surface area (Å²) in [7, 11) is 0. The smallest absolute Gasteiger partial charge is 0.237 e. The summed E-state index contributed by atoms with van der Waals surface area (Å²) >= 11 is 0. The van der Waals surface area contributed by atoms with Crippen LogP contribution >= 0.6 is 0 Å².